The predicted molar refractivity (Wildman–Crippen MR) is 96.9 cm³/mol. The lowest BCUT2D eigenvalue weighted by molar-refractivity contribution is 0.0939. The van der Waals surface area contributed by atoms with Gasteiger partial charge in [-0.2, -0.15) is 0 Å². The third kappa shape index (κ3) is 3.65. The molecule has 3 rings (SSSR count). The number of urea groups is 1. The molecule has 0 unspecified atom stereocenters. The highest BCUT2D eigenvalue weighted by atomic mass is 16.5. The van der Waals surface area contributed by atoms with E-state index in [1.165, 1.54) is 0 Å². The fourth-order valence-electron chi connectivity index (χ4n) is 2.90. The number of amides is 2. The number of Topliss-reactive ketones (excluding diaryl/α,β-unsaturated/α-hetero) is 1. The molecule has 0 fully saturated rings. The quantitative estimate of drug-likeness (QED) is 0.855. The molecular formula is C20H22N2O3. The van der Waals surface area contributed by atoms with E-state index in [0.29, 0.717) is 24.3 Å². The average molecular weight is 338 g/mol. The van der Waals surface area contributed by atoms with E-state index in [2.05, 4.69) is 5.32 Å². The van der Waals surface area contributed by atoms with Crippen molar-refractivity contribution < 1.29 is 14.3 Å². The zero-order valence-electron chi connectivity index (χ0n) is 14.7. The molecule has 130 valence electrons. The van der Waals surface area contributed by atoms with E-state index in [1.54, 1.807) is 36.3 Å². The summed E-state index contributed by atoms with van der Waals surface area (Å²) in [5, 5.41) is 2.89. The number of rotatable bonds is 4. The number of fused-ring (bicyclic) bond motifs is 1. The Morgan fingerprint density at radius 2 is 1.72 bits per heavy atom. The number of carbonyl (C=O) groups excluding carboxylic acids is 2. The van der Waals surface area contributed by atoms with Crippen molar-refractivity contribution in [1.82, 2.24) is 4.90 Å². The van der Waals surface area contributed by atoms with Crippen LogP contribution in [0.2, 0.25) is 0 Å². The van der Waals surface area contributed by atoms with Gasteiger partial charge in [-0.15, -0.1) is 0 Å². The number of carbonyl (C=O) groups is 2. The molecule has 0 radical (unpaired) electrons. The van der Waals surface area contributed by atoms with Gasteiger partial charge >= 0.3 is 6.03 Å². The van der Waals surface area contributed by atoms with Crippen molar-refractivity contribution in [2.24, 2.45) is 5.92 Å². The number of anilines is 1. The summed E-state index contributed by atoms with van der Waals surface area (Å²) in [6.07, 6.45) is 0. The van der Waals surface area contributed by atoms with E-state index < -0.39 is 0 Å². The number of ether oxygens (including phenoxy) is 1. The Hall–Kier alpha value is -2.82. The van der Waals surface area contributed by atoms with Crippen LogP contribution in [0.3, 0.4) is 0 Å². The van der Waals surface area contributed by atoms with Crippen molar-refractivity contribution in [2.75, 3.05) is 12.4 Å². The van der Waals surface area contributed by atoms with Gasteiger partial charge in [-0.05, 0) is 47.5 Å². The molecule has 1 heterocycles. The summed E-state index contributed by atoms with van der Waals surface area (Å²) in [5.74, 6) is 0.855. The molecule has 2 aromatic carbocycles. The fraction of sp³-hybridized carbons (Fsp3) is 0.300. The van der Waals surface area contributed by atoms with E-state index in [-0.39, 0.29) is 17.7 Å². The number of methoxy groups -OCH3 is 1. The molecule has 0 bridgehead atoms. The Morgan fingerprint density at radius 3 is 2.36 bits per heavy atom. The van der Waals surface area contributed by atoms with Crippen LogP contribution in [0.1, 0.15) is 35.3 Å². The molecule has 5 nitrogen and oxygen atoms in total. The number of nitrogens with zero attached hydrogens (tertiary/aromatic N) is 1. The zero-order chi connectivity index (χ0) is 18.0. The topological polar surface area (TPSA) is 58.6 Å². The van der Waals surface area contributed by atoms with Crippen LogP contribution in [-0.2, 0) is 13.1 Å². The van der Waals surface area contributed by atoms with Crippen LogP contribution in [0.5, 0.6) is 5.75 Å². The first-order valence-electron chi connectivity index (χ1n) is 8.34. The maximum atomic E-state index is 12.5. The van der Waals surface area contributed by atoms with Gasteiger partial charge in [0, 0.05) is 30.3 Å². The largest absolute Gasteiger partial charge is 0.497 e. The highest BCUT2D eigenvalue weighted by molar-refractivity contribution is 5.98. The average Bonchev–Trinajstić information content (AvgIpc) is 3.04. The van der Waals surface area contributed by atoms with Crippen molar-refractivity contribution in [2.45, 2.75) is 26.9 Å². The van der Waals surface area contributed by atoms with E-state index in [1.807, 2.05) is 32.0 Å². The van der Waals surface area contributed by atoms with Crippen LogP contribution in [0.15, 0.2) is 42.5 Å². The minimum atomic E-state index is -0.155. The molecule has 0 saturated heterocycles. The molecule has 2 aromatic rings. The molecule has 1 aliphatic rings. The summed E-state index contributed by atoms with van der Waals surface area (Å²) in [4.78, 5) is 26.2. The van der Waals surface area contributed by atoms with Crippen LogP contribution in [0.25, 0.3) is 0 Å². The number of nitrogens with one attached hydrogen (secondary N) is 1. The van der Waals surface area contributed by atoms with Crippen molar-refractivity contribution in [3.8, 4) is 5.75 Å². The zero-order valence-corrected chi connectivity index (χ0v) is 14.7. The number of hydrogen-bond donors (Lipinski definition) is 1. The van der Waals surface area contributed by atoms with Gasteiger partial charge in [-0.25, -0.2) is 4.79 Å². The second-order valence-corrected chi connectivity index (χ2v) is 6.52. The van der Waals surface area contributed by atoms with Gasteiger partial charge < -0.3 is 15.0 Å². The van der Waals surface area contributed by atoms with Crippen LogP contribution in [0, 0.1) is 5.92 Å². The first-order chi connectivity index (χ1) is 12.0. The van der Waals surface area contributed by atoms with Crippen LogP contribution in [-0.4, -0.2) is 23.8 Å². The summed E-state index contributed by atoms with van der Waals surface area (Å²) < 4.78 is 5.23. The van der Waals surface area contributed by atoms with Crippen molar-refractivity contribution in [1.29, 1.82) is 0 Å². The molecule has 0 spiro atoms. The highest BCUT2D eigenvalue weighted by Gasteiger charge is 2.23. The summed E-state index contributed by atoms with van der Waals surface area (Å²) in [7, 11) is 1.63. The Bertz CT molecular complexity index is 797. The lowest BCUT2D eigenvalue weighted by Crippen LogP contribution is -2.30. The SMILES string of the molecule is COc1ccc2c(c1)CN(C(=O)Nc1ccc(C(=O)C(C)C)cc1)C2. The molecule has 5 heteroatoms. The maximum absolute atomic E-state index is 12.5. The Morgan fingerprint density at radius 1 is 1.04 bits per heavy atom. The summed E-state index contributed by atoms with van der Waals surface area (Å²) in [5.41, 5.74) is 3.58. The normalized spacial score (nSPS) is 12.9. The monoisotopic (exact) mass is 338 g/mol. The Balaban J connectivity index is 1.64. The molecule has 25 heavy (non-hydrogen) atoms. The van der Waals surface area contributed by atoms with Gasteiger partial charge in [0.2, 0.25) is 0 Å². The summed E-state index contributed by atoms with van der Waals surface area (Å²) in [6, 6.07) is 12.7. The molecule has 2 amide bonds. The van der Waals surface area contributed by atoms with Gasteiger partial charge in [-0.1, -0.05) is 19.9 Å². The van der Waals surface area contributed by atoms with Crippen LogP contribution < -0.4 is 10.1 Å². The van der Waals surface area contributed by atoms with E-state index >= 15 is 0 Å². The van der Waals surface area contributed by atoms with Gasteiger partial charge in [0.15, 0.2) is 5.78 Å². The summed E-state index contributed by atoms with van der Waals surface area (Å²) >= 11 is 0. The second-order valence-electron chi connectivity index (χ2n) is 6.52. The van der Waals surface area contributed by atoms with Crippen LogP contribution in [0.4, 0.5) is 10.5 Å². The second kappa shape index (κ2) is 6.97. The number of ketones is 1. The third-order valence-electron chi connectivity index (χ3n) is 4.37. The number of hydrogen-bond acceptors (Lipinski definition) is 3. The fourth-order valence-corrected chi connectivity index (χ4v) is 2.90. The smallest absolute Gasteiger partial charge is 0.322 e. The standard InChI is InChI=1S/C20H22N2O3/c1-13(2)19(23)14-4-7-17(8-5-14)21-20(24)22-11-15-6-9-18(25-3)10-16(15)12-22/h4-10,13H,11-12H2,1-3H3,(H,21,24). The van der Waals surface area contributed by atoms with Gasteiger partial charge in [0.05, 0.1) is 7.11 Å². The first kappa shape index (κ1) is 17.0. The molecule has 1 N–H and O–H groups in total. The van der Waals surface area contributed by atoms with Gasteiger partial charge in [-0.3, -0.25) is 4.79 Å². The molecular weight excluding hydrogens is 316 g/mol. The van der Waals surface area contributed by atoms with Gasteiger partial charge in [0.25, 0.3) is 0 Å². The third-order valence-corrected chi connectivity index (χ3v) is 4.37. The van der Waals surface area contributed by atoms with E-state index in [4.69, 9.17) is 4.74 Å². The molecule has 0 atom stereocenters. The molecule has 0 saturated carbocycles. The first-order valence-corrected chi connectivity index (χ1v) is 8.34. The Kier molecular flexibility index (Phi) is 4.74. The van der Waals surface area contributed by atoms with Crippen molar-refractivity contribution in [3.63, 3.8) is 0 Å². The Labute approximate surface area is 147 Å². The molecule has 0 aromatic heterocycles. The minimum absolute atomic E-state index is 0.0412. The van der Waals surface area contributed by atoms with E-state index in [9.17, 15) is 9.59 Å². The van der Waals surface area contributed by atoms with Crippen LogP contribution >= 0.6 is 0 Å². The van der Waals surface area contributed by atoms with Crippen molar-refractivity contribution >= 4 is 17.5 Å². The minimum Gasteiger partial charge on any atom is -0.497 e. The highest BCUT2D eigenvalue weighted by Crippen LogP contribution is 2.27. The van der Waals surface area contributed by atoms with Gasteiger partial charge in [0.1, 0.15) is 5.75 Å². The van der Waals surface area contributed by atoms with Crippen molar-refractivity contribution in [3.05, 3.63) is 59.2 Å². The molecule has 0 aliphatic carbocycles. The predicted octanol–water partition coefficient (Wildman–Crippen LogP) is 4.08. The molecule has 1 aliphatic heterocycles. The van der Waals surface area contributed by atoms with E-state index in [0.717, 1.165) is 16.9 Å². The maximum Gasteiger partial charge on any atom is 0.322 e. The number of benzene rings is 2. The lowest BCUT2D eigenvalue weighted by Gasteiger charge is -2.16. The lowest BCUT2D eigenvalue weighted by atomic mass is 10.0. The summed E-state index contributed by atoms with van der Waals surface area (Å²) in [6.45, 7) is 4.88.